The van der Waals surface area contributed by atoms with E-state index in [0.717, 1.165) is 7.11 Å². The number of rotatable bonds is 1. The maximum Gasteiger partial charge on any atom is 0.0917 e. The summed E-state index contributed by atoms with van der Waals surface area (Å²) in [5.74, 6) is 0.218. The zero-order valence-electron chi connectivity index (χ0n) is 5.45. The van der Waals surface area contributed by atoms with Gasteiger partial charge in [0.15, 0.2) is 0 Å². The molecule has 0 aliphatic rings. The van der Waals surface area contributed by atoms with E-state index in [1.807, 2.05) is 13.8 Å². The lowest BCUT2D eigenvalue weighted by molar-refractivity contribution is -0.0960. The van der Waals surface area contributed by atoms with Crippen LogP contribution in [0.15, 0.2) is 0 Å². The van der Waals surface area contributed by atoms with E-state index in [1.165, 1.54) is 0 Å². The summed E-state index contributed by atoms with van der Waals surface area (Å²) in [5.41, 5.74) is 0. The Labute approximate surface area is 48.5 Å². The number of halogens is 2. The molecule has 0 rings (SSSR count). The zero-order chi connectivity index (χ0) is 6.99. The summed E-state index contributed by atoms with van der Waals surface area (Å²) in [6.07, 6.45) is 0. The molecule has 0 fully saturated rings. The van der Waals surface area contributed by atoms with Crippen molar-refractivity contribution in [1.29, 1.82) is 0 Å². The molecule has 0 aromatic heterocycles. The second kappa shape index (κ2) is 9.94. The van der Waals surface area contributed by atoms with E-state index in [0.29, 0.717) is 0 Å². The molecule has 8 heavy (non-hydrogen) atoms. The van der Waals surface area contributed by atoms with Crippen molar-refractivity contribution in [3.05, 3.63) is 0 Å². The van der Waals surface area contributed by atoms with Crippen LogP contribution in [0, 0.1) is 5.92 Å². The molecule has 0 amide bonds. The van der Waals surface area contributed by atoms with Gasteiger partial charge < -0.3 is 0 Å². The Morgan fingerprint density at radius 1 is 1.50 bits per heavy atom. The number of hydrogen-bond acceptors (Lipinski definition) is 1. The van der Waals surface area contributed by atoms with Gasteiger partial charge in [-0.25, -0.2) is 0 Å². The molecule has 0 saturated carbocycles. The minimum absolute atomic E-state index is 0.194. The van der Waals surface area contributed by atoms with Crippen LogP contribution < -0.4 is 0 Å². The summed E-state index contributed by atoms with van der Waals surface area (Å²) in [4.78, 5) is 2.75. The molecule has 0 aliphatic heterocycles. The van der Waals surface area contributed by atoms with Crippen LogP contribution in [0.3, 0.4) is 0 Å². The van der Waals surface area contributed by atoms with Gasteiger partial charge in [-0.2, -0.15) is 4.94 Å². The molecule has 52 valence electrons. The summed E-state index contributed by atoms with van der Waals surface area (Å²) >= 11 is 0. The maximum atomic E-state index is 11.1. The molecule has 0 radical (unpaired) electrons. The van der Waals surface area contributed by atoms with Crippen molar-refractivity contribution in [2.75, 3.05) is 13.8 Å². The molecular weight excluding hydrogens is 114 g/mol. The molecule has 0 aromatic rings. The van der Waals surface area contributed by atoms with E-state index in [-0.39, 0.29) is 12.6 Å². The fourth-order valence-corrected chi connectivity index (χ4v) is 0. The standard InChI is InChI=1S/C4H9F.CH3FO/c1-4(2)3-5;1-3-2/h4H,3H2,1-2H3;1H3. The van der Waals surface area contributed by atoms with Crippen molar-refractivity contribution < 1.29 is 13.9 Å². The van der Waals surface area contributed by atoms with Crippen molar-refractivity contribution >= 4 is 0 Å². The third-order valence-corrected chi connectivity index (χ3v) is 0.309. The van der Waals surface area contributed by atoms with Crippen LogP contribution >= 0.6 is 0 Å². The van der Waals surface area contributed by atoms with Gasteiger partial charge in [0.05, 0.1) is 13.8 Å². The summed E-state index contributed by atoms with van der Waals surface area (Å²) in [7, 11) is 0.958. The van der Waals surface area contributed by atoms with Gasteiger partial charge in [-0.3, -0.25) is 4.39 Å². The molecular formula is C5H12F2O. The second-order valence-electron chi connectivity index (χ2n) is 1.70. The third kappa shape index (κ3) is 40.8. The van der Waals surface area contributed by atoms with Crippen molar-refractivity contribution in [1.82, 2.24) is 0 Å². The van der Waals surface area contributed by atoms with Gasteiger partial charge in [-0.15, -0.1) is 0 Å². The quantitative estimate of drug-likeness (QED) is 0.523. The molecule has 0 unspecified atom stereocenters. The van der Waals surface area contributed by atoms with Crippen molar-refractivity contribution in [3.8, 4) is 0 Å². The van der Waals surface area contributed by atoms with E-state index < -0.39 is 0 Å². The summed E-state index contributed by atoms with van der Waals surface area (Å²) in [6, 6.07) is 0. The van der Waals surface area contributed by atoms with Crippen LogP contribution in [-0.4, -0.2) is 13.8 Å². The molecule has 0 aliphatic carbocycles. The second-order valence-corrected chi connectivity index (χ2v) is 1.70. The SMILES string of the molecule is CC(C)CF.COF. The fraction of sp³-hybridized carbons (Fsp3) is 1.00. The molecule has 0 aromatic carbocycles. The molecule has 0 saturated heterocycles. The summed E-state index contributed by atoms with van der Waals surface area (Å²) in [5, 5.41) is 0. The highest BCUT2D eigenvalue weighted by Crippen LogP contribution is 1.88. The molecule has 0 atom stereocenters. The lowest BCUT2D eigenvalue weighted by Crippen LogP contribution is -1.84. The lowest BCUT2D eigenvalue weighted by atomic mass is 10.3. The van der Waals surface area contributed by atoms with Crippen molar-refractivity contribution in [2.24, 2.45) is 5.92 Å². The van der Waals surface area contributed by atoms with Crippen molar-refractivity contribution in [2.45, 2.75) is 13.8 Å². The Morgan fingerprint density at radius 2 is 1.62 bits per heavy atom. The molecule has 1 nitrogen and oxygen atoms in total. The highest BCUT2D eigenvalue weighted by atomic mass is 19.3. The smallest absolute Gasteiger partial charge is 0.0917 e. The van der Waals surface area contributed by atoms with Gasteiger partial charge in [0.2, 0.25) is 0 Å². The van der Waals surface area contributed by atoms with Crippen LogP contribution in [0.25, 0.3) is 0 Å². The predicted molar refractivity (Wildman–Crippen MR) is 28.9 cm³/mol. The summed E-state index contributed by atoms with van der Waals surface area (Å²) in [6.45, 7) is 3.50. The monoisotopic (exact) mass is 126 g/mol. The third-order valence-electron chi connectivity index (χ3n) is 0.309. The van der Waals surface area contributed by atoms with Crippen LogP contribution in [0.1, 0.15) is 13.8 Å². The maximum absolute atomic E-state index is 11.1. The molecule has 0 spiro atoms. The Bertz CT molecular complexity index is 31.6. The first-order chi connectivity index (χ1) is 3.68. The first-order valence-electron chi connectivity index (χ1n) is 2.39. The van der Waals surface area contributed by atoms with Gasteiger partial charge in [-0.05, 0) is 10.4 Å². The van der Waals surface area contributed by atoms with Gasteiger partial charge in [0.1, 0.15) is 0 Å². The zero-order valence-corrected chi connectivity index (χ0v) is 5.45. The molecule has 0 heterocycles. The van der Waals surface area contributed by atoms with Gasteiger partial charge >= 0.3 is 0 Å². The van der Waals surface area contributed by atoms with E-state index in [1.54, 1.807) is 0 Å². The predicted octanol–water partition coefficient (Wildman–Crippen LogP) is 2.13. The number of alkyl halides is 1. The largest absolute Gasteiger partial charge is 0.251 e. The van der Waals surface area contributed by atoms with E-state index in [9.17, 15) is 8.92 Å². The van der Waals surface area contributed by atoms with Crippen LogP contribution in [0.2, 0.25) is 0 Å². The average molecular weight is 126 g/mol. The highest BCUT2D eigenvalue weighted by molar-refractivity contribution is 4.33. The van der Waals surface area contributed by atoms with Gasteiger partial charge in [0.25, 0.3) is 0 Å². The van der Waals surface area contributed by atoms with Gasteiger partial charge in [-0.1, -0.05) is 13.8 Å². The topological polar surface area (TPSA) is 9.23 Å². The Kier molecular flexibility index (Phi) is 13.3. The Morgan fingerprint density at radius 3 is 1.62 bits per heavy atom. The van der Waals surface area contributed by atoms with Crippen LogP contribution in [0.4, 0.5) is 8.92 Å². The molecule has 3 heteroatoms. The van der Waals surface area contributed by atoms with Crippen LogP contribution in [-0.2, 0) is 4.94 Å². The minimum atomic E-state index is -0.194. The molecule has 0 N–H and O–H groups in total. The normalized spacial score (nSPS) is 8.25. The minimum Gasteiger partial charge on any atom is -0.251 e. The lowest BCUT2D eigenvalue weighted by Gasteiger charge is -1.87. The fourth-order valence-electron chi connectivity index (χ4n) is 0. The molecule has 0 bridgehead atoms. The highest BCUT2D eigenvalue weighted by Gasteiger charge is 1.83. The van der Waals surface area contributed by atoms with Crippen LogP contribution in [0.5, 0.6) is 0 Å². The Hall–Kier alpha value is -0.180. The van der Waals surface area contributed by atoms with Gasteiger partial charge in [0, 0.05) is 0 Å². The first kappa shape index (κ1) is 10.7. The van der Waals surface area contributed by atoms with Crippen molar-refractivity contribution in [3.63, 3.8) is 0 Å². The average Bonchev–Trinajstić information content (AvgIpc) is 1.69. The number of hydrogen-bond donors (Lipinski definition) is 0. The van der Waals surface area contributed by atoms with E-state index in [2.05, 4.69) is 4.94 Å². The van der Waals surface area contributed by atoms with E-state index in [4.69, 9.17) is 0 Å². The van der Waals surface area contributed by atoms with E-state index >= 15 is 0 Å². The summed E-state index contributed by atoms with van der Waals surface area (Å²) < 4.78 is 20.9. The Balaban J connectivity index is 0. The first-order valence-corrected chi connectivity index (χ1v) is 2.39.